The fourth-order valence-corrected chi connectivity index (χ4v) is 1.33. The molecule has 0 aliphatic heterocycles. The SMILES string of the molecule is CC(=O)OC/C=C(\C)CC(O)/C=C(\C)CBr. The maximum atomic E-state index is 10.5. The molecule has 16 heavy (non-hydrogen) atoms. The molecule has 3 nitrogen and oxygen atoms in total. The van der Waals surface area contributed by atoms with E-state index in [1.165, 1.54) is 6.92 Å². The summed E-state index contributed by atoms with van der Waals surface area (Å²) in [6, 6.07) is 0. The van der Waals surface area contributed by atoms with E-state index in [-0.39, 0.29) is 12.6 Å². The van der Waals surface area contributed by atoms with E-state index in [2.05, 4.69) is 15.9 Å². The van der Waals surface area contributed by atoms with Crippen LogP contribution in [0.1, 0.15) is 27.2 Å². The molecule has 0 rings (SSSR count). The van der Waals surface area contributed by atoms with Crippen LogP contribution >= 0.6 is 15.9 Å². The number of alkyl halides is 1. The second-order valence-electron chi connectivity index (χ2n) is 3.77. The summed E-state index contributed by atoms with van der Waals surface area (Å²) in [5.41, 5.74) is 2.10. The molecule has 0 radical (unpaired) electrons. The van der Waals surface area contributed by atoms with Gasteiger partial charge < -0.3 is 9.84 Å². The van der Waals surface area contributed by atoms with E-state index >= 15 is 0 Å². The van der Waals surface area contributed by atoms with Gasteiger partial charge >= 0.3 is 5.97 Å². The van der Waals surface area contributed by atoms with Crippen LogP contribution in [0, 0.1) is 0 Å². The monoisotopic (exact) mass is 290 g/mol. The van der Waals surface area contributed by atoms with Gasteiger partial charge in [-0.1, -0.05) is 33.2 Å². The minimum Gasteiger partial charge on any atom is -0.462 e. The third-order valence-corrected chi connectivity index (χ3v) is 2.82. The van der Waals surface area contributed by atoms with Crippen molar-refractivity contribution in [3.63, 3.8) is 0 Å². The Labute approximate surface area is 105 Å². The zero-order valence-electron chi connectivity index (χ0n) is 10.00. The highest BCUT2D eigenvalue weighted by Crippen LogP contribution is 2.09. The normalized spacial score (nSPS) is 14.8. The van der Waals surface area contributed by atoms with Crippen molar-refractivity contribution in [1.82, 2.24) is 0 Å². The van der Waals surface area contributed by atoms with Crippen LogP contribution in [0.4, 0.5) is 0 Å². The summed E-state index contributed by atoms with van der Waals surface area (Å²) in [5, 5.41) is 10.4. The number of carbonyl (C=O) groups is 1. The zero-order chi connectivity index (χ0) is 12.6. The third-order valence-electron chi connectivity index (χ3n) is 1.94. The Morgan fingerprint density at radius 1 is 1.38 bits per heavy atom. The molecule has 0 heterocycles. The lowest BCUT2D eigenvalue weighted by molar-refractivity contribution is -0.139. The first-order valence-electron chi connectivity index (χ1n) is 5.16. The Bertz CT molecular complexity index is 282. The predicted molar refractivity (Wildman–Crippen MR) is 68.6 cm³/mol. The second kappa shape index (κ2) is 8.53. The third kappa shape index (κ3) is 8.68. The van der Waals surface area contributed by atoms with E-state index in [1.807, 2.05) is 26.0 Å². The van der Waals surface area contributed by atoms with Crippen molar-refractivity contribution >= 4 is 21.9 Å². The minimum absolute atomic E-state index is 0.273. The van der Waals surface area contributed by atoms with Gasteiger partial charge in [-0.2, -0.15) is 0 Å². The number of aliphatic hydroxyl groups is 1. The van der Waals surface area contributed by atoms with Crippen molar-refractivity contribution in [1.29, 1.82) is 0 Å². The van der Waals surface area contributed by atoms with Gasteiger partial charge in [0.15, 0.2) is 0 Å². The van der Waals surface area contributed by atoms with Crippen LogP contribution in [0.5, 0.6) is 0 Å². The van der Waals surface area contributed by atoms with Crippen molar-refractivity contribution in [2.24, 2.45) is 0 Å². The number of ether oxygens (including phenoxy) is 1. The number of allylic oxidation sites excluding steroid dienone is 1. The number of carbonyl (C=O) groups excluding carboxylic acids is 1. The molecule has 92 valence electrons. The number of halogens is 1. The molecule has 0 aromatic rings. The molecule has 0 aliphatic carbocycles. The average molecular weight is 291 g/mol. The Balaban J connectivity index is 4.03. The summed E-state index contributed by atoms with van der Waals surface area (Å²) in [4.78, 5) is 10.5. The molecule has 0 aromatic heterocycles. The number of esters is 1. The lowest BCUT2D eigenvalue weighted by Gasteiger charge is -2.07. The molecule has 0 aromatic carbocycles. The Morgan fingerprint density at radius 3 is 2.50 bits per heavy atom. The average Bonchev–Trinajstić information content (AvgIpc) is 2.16. The van der Waals surface area contributed by atoms with E-state index in [0.717, 1.165) is 16.5 Å². The smallest absolute Gasteiger partial charge is 0.302 e. The summed E-state index contributed by atoms with van der Waals surface area (Å²) in [6.45, 7) is 5.51. The lowest BCUT2D eigenvalue weighted by Crippen LogP contribution is -2.05. The summed E-state index contributed by atoms with van der Waals surface area (Å²) in [6.07, 6.45) is 3.71. The molecule has 1 unspecified atom stereocenters. The Morgan fingerprint density at radius 2 is 2.00 bits per heavy atom. The molecule has 0 saturated carbocycles. The van der Waals surface area contributed by atoms with Crippen LogP contribution < -0.4 is 0 Å². The van der Waals surface area contributed by atoms with Crippen molar-refractivity contribution in [3.05, 3.63) is 23.3 Å². The van der Waals surface area contributed by atoms with Crippen LogP contribution in [0.2, 0.25) is 0 Å². The van der Waals surface area contributed by atoms with E-state index in [0.29, 0.717) is 6.42 Å². The maximum absolute atomic E-state index is 10.5. The van der Waals surface area contributed by atoms with Gasteiger partial charge in [0, 0.05) is 12.3 Å². The van der Waals surface area contributed by atoms with E-state index < -0.39 is 6.10 Å². The predicted octanol–water partition coefficient (Wildman–Crippen LogP) is 2.59. The van der Waals surface area contributed by atoms with Gasteiger partial charge in [-0.25, -0.2) is 0 Å². The zero-order valence-corrected chi connectivity index (χ0v) is 11.6. The van der Waals surface area contributed by atoms with Crippen LogP contribution in [-0.4, -0.2) is 29.1 Å². The van der Waals surface area contributed by atoms with Gasteiger partial charge in [0.25, 0.3) is 0 Å². The van der Waals surface area contributed by atoms with Crippen molar-refractivity contribution in [3.8, 4) is 0 Å². The van der Waals surface area contributed by atoms with Gasteiger partial charge in [-0.3, -0.25) is 4.79 Å². The summed E-state index contributed by atoms with van der Waals surface area (Å²) < 4.78 is 4.78. The number of hydrogen-bond acceptors (Lipinski definition) is 3. The lowest BCUT2D eigenvalue weighted by atomic mass is 10.1. The van der Waals surface area contributed by atoms with E-state index in [4.69, 9.17) is 4.74 Å². The van der Waals surface area contributed by atoms with Crippen LogP contribution in [0.25, 0.3) is 0 Å². The molecule has 0 amide bonds. The molecule has 0 saturated heterocycles. The second-order valence-corrected chi connectivity index (χ2v) is 4.33. The van der Waals surface area contributed by atoms with Crippen LogP contribution in [0.3, 0.4) is 0 Å². The minimum atomic E-state index is -0.480. The summed E-state index contributed by atoms with van der Waals surface area (Å²) >= 11 is 3.32. The molecule has 0 fully saturated rings. The fourth-order valence-electron chi connectivity index (χ4n) is 1.15. The Kier molecular flexibility index (Phi) is 8.21. The van der Waals surface area contributed by atoms with Crippen molar-refractivity contribution < 1.29 is 14.6 Å². The van der Waals surface area contributed by atoms with Gasteiger partial charge in [0.05, 0.1) is 6.10 Å². The van der Waals surface area contributed by atoms with Gasteiger partial charge in [-0.05, 0) is 26.3 Å². The number of rotatable bonds is 6. The van der Waals surface area contributed by atoms with E-state index in [1.54, 1.807) is 0 Å². The molecular formula is C12H19BrO3. The van der Waals surface area contributed by atoms with Gasteiger partial charge in [0.1, 0.15) is 6.61 Å². The van der Waals surface area contributed by atoms with Gasteiger partial charge in [-0.15, -0.1) is 0 Å². The molecule has 0 bridgehead atoms. The van der Waals surface area contributed by atoms with Crippen LogP contribution in [-0.2, 0) is 9.53 Å². The largest absolute Gasteiger partial charge is 0.462 e. The fraction of sp³-hybridized carbons (Fsp3) is 0.583. The molecule has 4 heteroatoms. The molecular weight excluding hydrogens is 272 g/mol. The standard InChI is InChI=1S/C12H19BrO3/c1-9(4-5-16-11(3)14)6-12(15)7-10(2)8-13/h4,7,12,15H,5-6,8H2,1-3H3/b9-4+,10-7+. The highest BCUT2D eigenvalue weighted by Gasteiger charge is 2.02. The van der Waals surface area contributed by atoms with Gasteiger partial charge in [0.2, 0.25) is 0 Å². The van der Waals surface area contributed by atoms with Crippen LogP contribution in [0.15, 0.2) is 23.3 Å². The first kappa shape index (κ1) is 15.4. The number of aliphatic hydroxyl groups excluding tert-OH is 1. The first-order valence-corrected chi connectivity index (χ1v) is 6.28. The molecule has 0 aliphatic rings. The number of hydrogen-bond donors (Lipinski definition) is 1. The van der Waals surface area contributed by atoms with Crippen molar-refractivity contribution in [2.75, 3.05) is 11.9 Å². The molecule has 0 spiro atoms. The van der Waals surface area contributed by atoms with Crippen molar-refractivity contribution in [2.45, 2.75) is 33.3 Å². The summed E-state index contributed by atoms with van der Waals surface area (Å²) in [7, 11) is 0. The molecule has 1 atom stereocenters. The Hall–Kier alpha value is -0.610. The topological polar surface area (TPSA) is 46.5 Å². The van der Waals surface area contributed by atoms with E-state index in [9.17, 15) is 9.90 Å². The summed E-state index contributed by atoms with van der Waals surface area (Å²) in [5.74, 6) is -0.292. The maximum Gasteiger partial charge on any atom is 0.302 e. The highest BCUT2D eigenvalue weighted by atomic mass is 79.9. The highest BCUT2D eigenvalue weighted by molar-refractivity contribution is 9.09. The molecule has 1 N–H and O–H groups in total. The first-order chi connectivity index (χ1) is 7.45. The quantitative estimate of drug-likeness (QED) is 0.465.